The molecule has 2 atom stereocenters. The molecular formula is C22H26FN3O2. The molecule has 2 aromatic carbocycles. The second-order valence-corrected chi connectivity index (χ2v) is 7.20. The van der Waals surface area contributed by atoms with Crippen molar-refractivity contribution in [2.75, 3.05) is 26.2 Å². The van der Waals surface area contributed by atoms with Gasteiger partial charge in [0.2, 0.25) is 11.8 Å². The van der Waals surface area contributed by atoms with Gasteiger partial charge in [-0.05, 0) is 17.2 Å². The Bertz CT molecular complexity index is 820. The average Bonchev–Trinajstić information content (AvgIpc) is 2.74. The first-order valence-electron chi connectivity index (χ1n) is 9.58. The van der Waals surface area contributed by atoms with Crippen molar-refractivity contribution in [3.05, 3.63) is 71.5 Å². The minimum atomic E-state index is -0.367. The third-order valence-electron chi connectivity index (χ3n) is 5.36. The highest BCUT2D eigenvalue weighted by atomic mass is 19.1. The average molecular weight is 383 g/mol. The number of piperazine rings is 1. The fourth-order valence-corrected chi connectivity index (χ4v) is 3.50. The van der Waals surface area contributed by atoms with Gasteiger partial charge in [0.25, 0.3) is 0 Å². The second-order valence-electron chi connectivity index (χ2n) is 7.20. The Morgan fingerprint density at radius 1 is 0.964 bits per heavy atom. The molecule has 0 aromatic heterocycles. The van der Waals surface area contributed by atoms with E-state index in [0.717, 1.165) is 5.56 Å². The summed E-state index contributed by atoms with van der Waals surface area (Å²) >= 11 is 0. The van der Waals surface area contributed by atoms with Gasteiger partial charge >= 0.3 is 0 Å². The normalized spacial score (nSPS) is 16.5. The van der Waals surface area contributed by atoms with E-state index in [-0.39, 0.29) is 36.0 Å². The maximum absolute atomic E-state index is 13.8. The summed E-state index contributed by atoms with van der Waals surface area (Å²) in [5, 5.41) is 0. The van der Waals surface area contributed by atoms with Crippen LogP contribution in [0.1, 0.15) is 24.1 Å². The summed E-state index contributed by atoms with van der Waals surface area (Å²) in [7, 11) is 0. The van der Waals surface area contributed by atoms with E-state index in [0.29, 0.717) is 31.7 Å². The number of hydrogen-bond donors (Lipinski definition) is 1. The van der Waals surface area contributed by atoms with E-state index in [4.69, 9.17) is 5.73 Å². The molecule has 0 aliphatic carbocycles. The van der Waals surface area contributed by atoms with Gasteiger partial charge in [-0.1, -0.05) is 55.5 Å². The molecule has 1 aliphatic heterocycles. The monoisotopic (exact) mass is 383 g/mol. The van der Waals surface area contributed by atoms with Crippen LogP contribution < -0.4 is 5.73 Å². The molecule has 2 aromatic rings. The first kappa shape index (κ1) is 20.0. The third-order valence-corrected chi connectivity index (χ3v) is 5.36. The zero-order chi connectivity index (χ0) is 20.1. The Balaban J connectivity index is 1.53. The van der Waals surface area contributed by atoms with Crippen molar-refractivity contribution in [1.29, 1.82) is 0 Å². The van der Waals surface area contributed by atoms with Crippen LogP contribution in [0, 0.1) is 11.7 Å². The molecule has 2 unspecified atom stereocenters. The quantitative estimate of drug-likeness (QED) is 0.862. The predicted octanol–water partition coefficient (Wildman–Crippen LogP) is 2.38. The Labute approximate surface area is 164 Å². The summed E-state index contributed by atoms with van der Waals surface area (Å²) < 4.78 is 13.8. The number of amides is 2. The van der Waals surface area contributed by atoms with Crippen LogP contribution in [0.25, 0.3) is 0 Å². The van der Waals surface area contributed by atoms with Crippen molar-refractivity contribution in [2.45, 2.75) is 19.4 Å². The van der Waals surface area contributed by atoms with E-state index < -0.39 is 0 Å². The molecule has 0 spiro atoms. The molecule has 0 saturated carbocycles. The van der Waals surface area contributed by atoms with Gasteiger partial charge in [-0.3, -0.25) is 9.59 Å². The first-order valence-corrected chi connectivity index (χ1v) is 9.58. The van der Waals surface area contributed by atoms with Crippen LogP contribution in [0.4, 0.5) is 4.39 Å². The van der Waals surface area contributed by atoms with Gasteiger partial charge in [-0.15, -0.1) is 0 Å². The number of nitrogens with two attached hydrogens (primary N) is 1. The predicted molar refractivity (Wildman–Crippen MR) is 106 cm³/mol. The zero-order valence-electron chi connectivity index (χ0n) is 16.1. The number of nitrogens with zero attached hydrogens (tertiary/aromatic N) is 2. The number of halogens is 1. The van der Waals surface area contributed by atoms with Gasteiger partial charge in [0, 0.05) is 32.2 Å². The summed E-state index contributed by atoms with van der Waals surface area (Å²) in [6.45, 7) is 3.68. The Morgan fingerprint density at radius 3 is 2.18 bits per heavy atom. The molecule has 6 heteroatoms. The summed E-state index contributed by atoms with van der Waals surface area (Å²) in [4.78, 5) is 28.7. The molecule has 28 heavy (non-hydrogen) atoms. The van der Waals surface area contributed by atoms with Crippen molar-refractivity contribution in [2.24, 2.45) is 11.7 Å². The number of rotatable bonds is 5. The fourth-order valence-electron chi connectivity index (χ4n) is 3.50. The van der Waals surface area contributed by atoms with Crippen molar-refractivity contribution < 1.29 is 14.0 Å². The largest absolute Gasteiger partial charge is 0.339 e. The molecule has 5 nitrogen and oxygen atoms in total. The summed E-state index contributed by atoms with van der Waals surface area (Å²) in [5.74, 6) is -0.833. The van der Waals surface area contributed by atoms with Gasteiger partial charge in [-0.2, -0.15) is 0 Å². The highest BCUT2D eigenvalue weighted by Gasteiger charge is 2.30. The highest BCUT2D eigenvalue weighted by Crippen LogP contribution is 2.22. The van der Waals surface area contributed by atoms with Crippen LogP contribution in [0.15, 0.2) is 54.6 Å². The Hall–Kier alpha value is -2.73. The summed E-state index contributed by atoms with van der Waals surface area (Å²) in [6.07, 6.45) is 0.0376. The van der Waals surface area contributed by atoms with Gasteiger partial charge in [-0.25, -0.2) is 4.39 Å². The molecule has 0 radical (unpaired) electrons. The SMILES string of the molecule is CC(C(=O)N1CCN(C(=O)Cc2ccccc2F)CC1)C(N)c1ccccc1. The minimum Gasteiger partial charge on any atom is -0.339 e. The second kappa shape index (κ2) is 8.97. The summed E-state index contributed by atoms with van der Waals surface area (Å²) in [5.41, 5.74) is 7.60. The van der Waals surface area contributed by atoms with Crippen LogP contribution in [-0.4, -0.2) is 47.8 Å². The maximum atomic E-state index is 13.8. The van der Waals surface area contributed by atoms with E-state index in [1.807, 2.05) is 37.3 Å². The molecule has 1 heterocycles. The minimum absolute atomic E-state index is 0.00226. The highest BCUT2D eigenvalue weighted by molar-refractivity contribution is 5.81. The molecule has 0 bridgehead atoms. The van der Waals surface area contributed by atoms with Crippen LogP contribution in [0.2, 0.25) is 0 Å². The van der Waals surface area contributed by atoms with Gasteiger partial charge in [0.1, 0.15) is 5.82 Å². The molecule has 1 saturated heterocycles. The van der Waals surface area contributed by atoms with Crippen LogP contribution in [-0.2, 0) is 16.0 Å². The fraction of sp³-hybridized carbons (Fsp3) is 0.364. The molecule has 1 aliphatic rings. The molecular weight excluding hydrogens is 357 g/mol. The number of benzene rings is 2. The van der Waals surface area contributed by atoms with Gasteiger partial charge in [0.15, 0.2) is 0 Å². The van der Waals surface area contributed by atoms with E-state index in [2.05, 4.69) is 0 Å². The molecule has 2 N–H and O–H groups in total. The summed E-state index contributed by atoms with van der Waals surface area (Å²) in [6, 6.07) is 15.5. The number of carbonyl (C=O) groups excluding carboxylic acids is 2. The smallest absolute Gasteiger partial charge is 0.227 e. The maximum Gasteiger partial charge on any atom is 0.227 e. The van der Waals surface area contributed by atoms with E-state index >= 15 is 0 Å². The Morgan fingerprint density at radius 2 is 1.54 bits per heavy atom. The lowest BCUT2D eigenvalue weighted by molar-refractivity contribution is -0.142. The first-order chi connectivity index (χ1) is 13.5. The molecule has 148 valence electrons. The van der Waals surface area contributed by atoms with E-state index in [9.17, 15) is 14.0 Å². The van der Waals surface area contributed by atoms with Crippen LogP contribution in [0.5, 0.6) is 0 Å². The number of carbonyl (C=O) groups is 2. The van der Waals surface area contributed by atoms with Crippen molar-refractivity contribution in [3.8, 4) is 0 Å². The molecule has 1 fully saturated rings. The third kappa shape index (κ3) is 4.57. The van der Waals surface area contributed by atoms with Gasteiger partial charge in [0.05, 0.1) is 12.3 Å². The lowest BCUT2D eigenvalue weighted by Gasteiger charge is -2.37. The lowest BCUT2D eigenvalue weighted by atomic mass is 9.94. The van der Waals surface area contributed by atoms with E-state index in [1.54, 1.807) is 28.0 Å². The topological polar surface area (TPSA) is 66.6 Å². The molecule has 2 amide bonds. The van der Waals surface area contributed by atoms with Crippen LogP contribution in [0.3, 0.4) is 0 Å². The zero-order valence-corrected chi connectivity index (χ0v) is 16.1. The number of hydrogen-bond acceptors (Lipinski definition) is 3. The van der Waals surface area contributed by atoms with Crippen molar-refractivity contribution in [1.82, 2.24) is 9.80 Å². The standard InChI is InChI=1S/C22H26FN3O2/c1-16(21(24)17-7-3-2-4-8-17)22(28)26-13-11-25(12-14-26)20(27)15-18-9-5-6-10-19(18)23/h2-10,16,21H,11-15,24H2,1H3. The van der Waals surface area contributed by atoms with Crippen molar-refractivity contribution >= 4 is 11.8 Å². The molecule has 3 rings (SSSR count). The van der Waals surface area contributed by atoms with Crippen LogP contribution >= 0.6 is 0 Å². The van der Waals surface area contributed by atoms with Gasteiger partial charge < -0.3 is 15.5 Å². The van der Waals surface area contributed by atoms with E-state index in [1.165, 1.54) is 6.07 Å². The Kier molecular flexibility index (Phi) is 6.41. The van der Waals surface area contributed by atoms with Crippen molar-refractivity contribution in [3.63, 3.8) is 0 Å². The lowest BCUT2D eigenvalue weighted by Crippen LogP contribution is -2.52.